The van der Waals surface area contributed by atoms with Crippen LogP contribution in [0, 0.1) is 13.8 Å². The summed E-state index contributed by atoms with van der Waals surface area (Å²) in [5.41, 5.74) is 4.70. The Kier molecular flexibility index (Phi) is 4.59. The normalized spacial score (nSPS) is 10.9. The molecule has 0 fully saturated rings. The average molecular weight is 375 g/mol. The maximum atomic E-state index is 4.15. The molecular weight excluding hydrogens is 360 g/mol. The molecule has 0 saturated heterocycles. The molecule has 0 spiro atoms. The fraction of sp³-hybridized carbons (Fsp3) is 0.188. The van der Waals surface area contributed by atoms with E-state index >= 15 is 0 Å². The molecule has 0 amide bonds. The quantitative estimate of drug-likeness (QED) is 0.637. The van der Waals surface area contributed by atoms with Gasteiger partial charge < -0.3 is 0 Å². The smallest absolute Gasteiger partial charge is 0.187 e. The molecule has 1 heterocycles. The van der Waals surface area contributed by atoms with E-state index in [1.54, 1.807) is 11.8 Å². The first-order valence-electron chi connectivity index (χ1n) is 6.87. The molecule has 0 saturated carbocycles. The van der Waals surface area contributed by atoms with Crippen LogP contribution in [0.15, 0.2) is 52.1 Å². The van der Waals surface area contributed by atoms with Crippen LogP contribution in [0.3, 0.4) is 0 Å². The van der Waals surface area contributed by atoms with Crippen molar-refractivity contribution in [3.8, 4) is 5.69 Å². The van der Waals surface area contributed by atoms with E-state index in [1.165, 1.54) is 16.7 Å². The number of aryl methyl sites for hydroxylation is 1. The van der Waals surface area contributed by atoms with Gasteiger partial charge in [-0.25, -0.2) is 0 Å². The fourth-order valence-electron chi connectivity index (χ4n) is 2.11. The minimum Gasteiger partial charge on any atom is -0.187 e. The third-order valence-corrected chi connectivity index (χ3v) is 5.05. The molecule has 0 aliphatic heterocycles. The summed E-state index contributed by atoms with van der Waals surface area (Å²) in [6.45, 7) is 4.19. The van der Waals surface area contributed by atoms with Crippen LogP contribution < -0.4 is 0 Å². The second-order valence-electron chi connectivity index (χ2n) is 5.01. The molecule has 2 aromatic carbocycles. The Morgan fingerprint density at radius 3 is 2.64 bits per heavy atom. The van der Waals surface area contributed by atoms with Crippen molar-refractivity contribution in [3.05, 3.63) is 63.6 Å². The molecule has 4 nitrogen and oxygen atoms in total. The third kappa shape index (κ3) is 3.23. The number of nitrogens with zero attached hydrogens (tertiary/aromatic N) is 4. The highest BCUT2D eigenvalue weighted by Crippen LogP contribution is 2.25. The zero-order valence-corrected chi connectivity index (χ0v) is 14.7. The molecule has 3 aromatic rings. The predicted octanol–water partition coefficient (Wildman–Crippen LogP) is 4.33. The summed E-state index contributed by atoms with van der Waals surface area (Å²) in [5.74, 6) is 0.832. The van der Waals surface area contributed by atoms with Crippen LogP contribution in [0.2, 0.25) is 0 Å². The molecule has 3 rings (SSSR count). The highest BCUT2D eigenvalue weighted by molar-refractivity contribution is 9.10. The third-order valence-electron chi connectivity index (χ3n) is 3.53. The number of halogens is 1. The molecule has 0 unspecified atom stereocenters. The van der Waals surface area contributed by atoms with Gasteiger partial charge in [-0.3, -0.25) is 0 Å². The van der Waals surface area contributed by atoms with Crippen molar-refractivity contribution in [3.63, 3.8) is 0 Å². The number of aromatic nitrogens is 4. The van der Waals surface area contributed by atoms with Gasteiger partial charge in [0.15, 0.2) is 0 Å². The maximum absolute atomic E-state index is 4.15. The lowest BCUT2D eigenvalue weighted by Gasteiger charge is -2.09. The number of hydrogen-bond donors (Lipinski definition) is 0. The molecule has 6 heteroatoms. The maximum Gasteiger partial charge on any atom is 0.214 e. The van der Waals surface area contributed by atoms with Crippen LogP contribution in [0.5, 0.6) is 0 Å². The first-order chi connectivity index (χ1) is 10.6. The minimum atomic E-state index is 0.802. The lowest BCUT2D eigenvalue weighted by Crippen LogP contribution is -2.02. The van der Waals surface area contributed by atoms with E-state index in [4.69, 9.17) is 0 Å². The van der Waals surface area contributed by atoms with Gasteiger partial charge in [0.1, 0.15) is 0 Å². The SMILES string of the molecule is Cc1cccc(-n2nnnc2SCc2ccc(Br)cc2)c1C. The van der Waals surface area contributed by atoms with Crippen LogP contribution in [0.25, 0.3) is 5.69 Å². The second kappa shape index (κ2) is 6.62. The monoisotopic (exact) mass is 374 g/mol. The summed E-state index contributed by atoms with van der Waals surface area (Å²) < 4.78 is 2.90. The van der Waals surface area contributed by atoms with Crippen LogP contribution in [0.1, 0.15) is 16.7 Å². The minimum absolute atomic E-state index is 0.802. The number of benzene rings is 2. The number of hydrogen-bond acceptors (Lipinski definition) is 4. The Labute approximate surface area is 142 Å². The first kappa shape index (κ1) is 15.2. The number of tetrazole rings is 1. The summed E-state index contributed by atoms with van der Waals surface area (Å²) in [5, 5.41) is 12.9. The summed E-state index contributed by atoms with van der Waals surface area (Å²) in [6.07, 6.45) is 0. The molecule has 0 N–H and O–H groups in total. The Morgan fingerprint density at radius 1 is 1.09 bits per heavy atom. The van der Waals surface area contributed by atoms with E-state index in [-0.39, 0.29) is 0 Å². The van der Waals surface area contributed by atoms with Gasteiger partial charge >= 0.3 is 0 Å². The van der Waals surface area contributed by atoms with Crippen molar-refractivity contribution in [2.24, 2.45) is 0 Å². The lowest BCUT2D eigenvalue weighted by atomic mass is 10.1. The average Bonchev–Trinajstić information content (AvgIpc) is 2.98. The summed E-state index contributed by atoms with van der Waals surface area (Å²) >= 11 is 5.08. The van der Waals surface area contributed by atoms with Crippen molar-refractivity contribution in [1.29, 1.82) is 0 Å². The van der Waals surface area contributed by atoms with Crippen molar-refractivity contribution >= 4 is 27.7 Å². The van der Waals surface area contributed by atoms with Gasteiger partial charge in [0.05, 0.1) is 5.69 Å². The van der Waals surface area contributed by atoms with Crippen molar-refractivity contribution in [1.82, 2.24) is 20.2 Å². The van der Waals surface area contributed by atoms with E-state index in [2.05, 4.69) is 63.5 Å². The molecule has 0 atom stereocenters. The van der Waals surface area contributed by atoms with Crippen LogP contribution >= 0.6 is 27.7 Å². The molecule has 0 aliphatic rings. The Morgan fingerprint density at radius 2 is 1.86 bits per heavy atom. The molecule has 22 heavy (non-hydrogen) atoms. The predicted molar refractivity (Wildman–Crippen MR) is 92.3 cm³/mol. The van der Waals surface area contributed by atoms with Crippen LogP contribution in [-0.2, 0) is 5.75 Å². The summed E-state index contributed by atoms with van der Waals surface area (Å²) in [4.78, 5) is 0. The fourth-order valence-corrected chi connectivity index (χ4v) is 3.22. The molecular formula is C16H15BrN4S. The van der Waals surface area contributed by atoms with E-state index in [1.807, 2.05) is 28.9 Å². The van der Waals surface area contributed by atoms with Crippen molar-refractivity contribution < 1.29 is 0 Å². The van der Waals surface area contributed by atoms with Crippen LogP contribution in [-0.4, -0.2) is 20.2 Å². The topological polar surface area (TPSA) is 43.6 Å². The molecule has 0 bridgehead atoms. The van der Waals surface area contributed by atoms with Gasteiger partial charge in [0.2, 0.25) is 5.16 Å². The Hall–Kier alpha value is -1.66. The second-order valence-corrected chi connectivity index (χ2v) is 6.87. The number of thioether (sulfide) groups is 1. The van der Waals surface area contributed by atoms with E-state index < -0.39 is 0 Å². The zero-order valence-electron chi connectivity index (χ0n) is 12.3. The summed E-state index contributed by atoms with van der Waals surface area (Å²) in [6, 6.07) is 14.5. The Balaban J connectivity index is 1.83. The van der Waals surface area contributed by atoms with Crippen LogP contribution in [0.4, 0.5) is 0 Å². The standard InChI is InChI=1S/C16H15BrN4S/c1-11-4-3-5-15(12(11)2)21-16(18-19-20-21)22-10-13-6-8-14(17)9-7-13/h3-9H,10H2,1-2H3. The van der Waals surface area contributed by atoms with Gasteiger partial charge in [0.25, 0.3) is 0 Å². The van der Waals surface area contributed by atoms with Gasteiger partial charge in [0, 0.05) is 10.2 Å². The Bertz CT molecular complexity index is 783. The van der Waals surface area contributed by atoms with E-state index in [0.29, 0.717) is 0 Å². The van der Waals surface area contributed by atoms with E-state index in [0.717, 1.165) is 21.1 Å². The highest BCUT2D eigenvalue weighted by Gasteiger charge is 2.12. The molecule has 1 aromatic heterocycles. The number of rotatable bonds is 4. The first-order valence-corrected chi connectivity index (χ1v) is 8.65. The highest BCUT2D eigenvalue weighted by atomic mass is 79.9. The van der Waals surface area contributed by atoms with E-state index in [9.17, 15) is 0 Å². The molecule has 0 aliphatic carbocycles. The van der Waals surface area contributed by atoms with Crippen molar-refractivity contribution in [2.75, 3.05) is 0 Å². The van der Waals surface area contributed by atoms with Gasteiger partial charge in [-0.1, -0.05) is 52.0 Å². The lowest BCUT2D eigenvalue weighted by molar-refractivity contribution is 0.751. The molecule has 0 radical (unpaired) electrons. The summed E-state index contributed by atoms with van der Waals surface area (Å²) in [7, 11) is 0. The van der Waals surface area contributed by atoms with Gasteiger partial charge in [-0.2, -0.15) is 4.68 Å². The van der Waals surface area contributed by atoms with Crippen molar-refractivity contribution in [2.45, 2.75) is 24.8 Å². The zero-order chi connectivity index (χ0) is 15.5. The van der Waals surface area contributed by atoms with Gasteiger partial charge in [-0.15, -0.1) is 5.10 Å². The van der Waals surface area contributed by atoms with Gasteiger partial charge in [-0.05, 0) is 59.2 Å². The largest absolute Gasteiger partial charge is 0.214 e. The molecule has 112 valence electrons.